The van der Waals surface area contributed by atoms with Crippen LogP contribution in [0.15, 0.2) is 33.5 Å². The van der Waals surface area contributed by atoms with Gasteiger partial charge in [-0.2, -0.15) is 0 Å². The van der Waals surface area contributed by atoms with Gasteiger partial charge in [0.2, 0.25) is 0 Å². The molecule has 22 heavy (non-hydrogen) atoms. The van der Waals surface area contributed by atoms with Crippen molar-refractivity contribution in [2.24, 2.45) is 5.92 Å². The summed E-state index contributed by atoms with van der Waals surface area (Å²) in [4.78, 5) is 24.2. The van der Waals surface area contributed by atoms with Crippen molar-refractivity contribution in [1.29, 1.82) is 0 Å². The van der Waals surface area contributed by atoms with Crippen molar-refractivity contribution in [3.05, 3.63) is 46.0 Å². The van der Waals surface area contributed by atoms with Gasteiger partial charge in [0, 0.05) is 6.54 Å². The third kappa shape index (κ3) is 3.21. The van der Waals surface area contributed by atoms with Crippen LogP contribution in [0.5, 0.6) is 0 Å². The fourth-order valence-corrected chi connectivity index (χ4v) is 3.13. The van der Waals surface area contributed by atoms with Gasteiger partial charge in [0.05, 0.1) is 5.39 Å². The molecule has 0 unspecified atom stereocenters. The summed E-state index contributed by atoms with van der Waals surface area (Å²) in [5.74, 6) is 0.342. The Morgan fingerprint density at radius 2 is 2.00 bits per heavy atom. The molecule has 0 atom stereocenters. The molecule has 1 aliphatic rings. The summed E-state index contributed by atoms with van der Waals surface area (Å²) in [5.41, 5.74) is 0.540. The number of amides is 1. The molecule has 1 aromatic heterocycles. The van der Waals surface area contributed by atoms with Crippen molar-refractivity contribution in [2.75, 3.05) is 6.54 Å². The van der Waals surface area contributed by atoms with Crippen LogP contribution in [0.2, 0.25) is 0 Å². The van der Waals surface area contributed by atoms with E-state index in [0.717, 1.165) is 10.9 Å². The lowest BCUT2D eigenvalue weighted by Gasteiger charge is -2.21. The zero-order valence-corrected chi connectivity index (χ0v) is 12.9. The van der Waals surface area contributed by atoms with Crippen LogP contribution in [-0.4, -0.2) is 12.5 Å². The Hall–Kier alpha value is -2.10. The minimum absolute atomic E-state index is 0.0946. The third-order valence-electron chi connectivity index (χ3n) is 4.42. The van der Waals surface area contributed by atoms with E-state index in [9.17, 15) is 9.59 Å². The molecule has 0 aliphatic heterocycles. The normalized spacial score (nSPS) is 15.9. The van der Waals surface area contributed by atoms with E-state index in [4.69, 9.17) is 4.42 Å². The van der Waals surface area contributed by atoms with Crippen molar-refractivity contribution in [2.45, 2.75) is 39.0 Å². The number of nitrogens with one attached hydrogen (secondary N) is 1. The summed E-state index contributed by atoms with van der Waals surface area (Å²) >= 11 is 0. The molecule has 0 spiro atoms. The van der Waals surface area contributed by atoms with Gasteiger partial charge in [-0.05, 0) is 43.2 Å². The molecule has 1 saturated carbocycles. The third-order valence-corrected chi connectivity index (χ3v) is 4.42. The Kier molecular flexibility index (Phi) is 4.27. The maximum Gasteiger partial charge on any atom is 0.344 e. The first-order valence-corrected chi connectivity index (χ1v) is 7.96. The molecule has 3 rings (SSSR count). The van der Waals surface area contributed by atoms with Gasteiger partial charge in [0.1, 0.15) is 0 Å². The minimum Gasteiger partial charge on any atom is -0.417 e. The fourth-order valence-electron chi connectivity index (χ4n) is 3.13. The second-order valence-electron chi connectivity index (χ2n) is 6.20. The Morgan fingerprint density at radius 3 is 2.77 bits per heavy atom. The largest absolute Gasteiger partial charge is 0.417 e. The molecular formula is C18H21NO3. The van der Waals surface area contributed by atoms with E-state index in [1.165, 1.54) is 32.1 Å². The topological polar surface area (TPSA) is 59.3 Å². The highest BCUT2D eigenvalue weighted by Gasteiger charge is 2.17. The highest BCUT2D eigenvalue weighted by molar-refractivity contribution is 5.95. The number of carbonyl (C=O) groups excluding carboxylic acids is 1. The summed E-state index contributed by atoms with van der Waals surface area (Å²) in [6.07, 6.45) is 6.11. The number of aryl methyl sites for hydroxylation is 1. The molecule has 1 amide bonds. The Bertz CT molecular complexity index is 742. The SMILES string of the molecule is Cc1ccc2cc(C(=O)NCC3CCCCC3)oc(=O)c2c1. The summed E-state index contributed by atoms with van der Waals surface area (Å²) in [6.45, 7) is 2.58. The Morgan fingerprint density at radius 1 is 1.23 bits per heavy atom. The Balaban J connectivity index is 1.76. The second kappa shape index (κ2) is 6.34. The molecule has 0 saturated heterocycles. The molecule has 4 heteroatoms. The van der Waals surface area contributed by atoms with Gasteiger partial charge >= 0.3 is 5.63 Å². The molecule has 1 aliphatic carbocycles. The lowest BCUT2D eigenvalue weighted by Crippen LogP contribution is -2.30. The van der Waals surface area contributed by atoms with Gasteiger partial charge in [-0.1, -0.05) is 37.0 Å². The number of hydrogen-bond donors (Lipinski definition) is 1. The molecule has 1 aromatic carbocycles. The van der Waals surface area contributed by atoms with Gasteiger partial charge in [0.15, 0.2) is 5.76 Å². The number of hydrogen-bond acceptors (Lipinski definition) is 3. The molecule has 4 nitrogen and oxygen atoms in total. The van der Waals surface area contributed by atoms with Gasteiger partial charge in [0.25, 0.3) is 5.91 Å². The van der Waals surface area contributed by atoms with E-state index in [-0.39, 0.29) is 11.7 Å². The maximum atomic E-state index is 12.2. The monoisotopic (exact) mass is 299 g/mol. The average molecular weight is 299 g/mol. The number of rotatable bonds is 3. The quantitative estimate of drug-likeness (QED) is 0.944. The van der Waals surface area contributed by atoms with Crippen molar-refractivity contribution in [3.8, 4) is 0 Å². The average Bonchev–Trinajstić information content (AvgIpc) is 2.54. The van der Waals surface area contributed by atoms with E-state index < -0.39 is 5.63 Å². The highest BCUT2D eigenvalue weighted by Crippen LogP contribution is 2.23. The smallest absolute Gasteiger partial charge is 0.344 e. The van der Waals surface area contributed by atoms with Gasteiger partial charge in [-0.25, -0.2) is 4.79 Å². The first-order chi connectivity index (χ1) is 10.6. The predicted octanol–water partition coefficient (Wildman–Crippen LogP) is 3.41. The molecule has 0 bridgehead atoms. The van der Waals surface area contributed by atoms with Crippen LogP contribution in [0.3, 0.4) is 0 Å². The molecule has 1 N–H and O–H groups in total. The number of benzene rings is 1. The van der Waals surface area contributed by atoms with Crippen LogP contribution >= 0.6 is 0 Å². The molecule has 116 valence electrons. The molecule has 2 aromatic rings. The van der Waals surface area contributed by atoms with Crippen molar-refractivity contribution in [3.63, 3.8) is 0 Å². The van der Waals surface area contributed by atoms with Crippen LogP contribution in [0.4, 0.5) is 0 Å². The maximum absolute atomic E-state index is 12.2. The zero-order valence-electron chi connectivity index (χ0n) is 12.9. The first kappa shape index (κ1) is 14.8. The van der Waals surface area contributed by atoms with E-state index >= 15 is 0 Å². The van der Waals surface area contributed by atoms with E-state index in [1.54, 1.807) is 12.1 Å². The van der Waals surface area contributed by atoms with Crippen molar-refractivity contribution >= 4 is 16.7 Å². The van der Waals surface area contributed by atoms with Gasteiger partial charge in [-0.15, -0.1) is 0 Å². The Labute approximate surface area is 129 Å². The molecule has 1 fully saturated rings. The van der Waals surface area contributed by atoms with E-state index in [2.05, 4.69) is 5.32 Å². The van der Waals surface area contributed by atoms with Crippen LogP contribution < -0.4 is 10.9 Å². The number of carbonyl (C=O) groups is 1. The summed E-state index contributed by atoms with van der Waals surface area (Å²) in [7, 11) is 0. The van der Waals surface area contributed by atoms with Crippen LogP contribution in [-0.2, 0) is 0 Å². The first-order valence-electron chi connectivity index (χ1n) is 7.96. The summed E-state index contributed by atoms with van der Waals surface area (Å²) in [6, 6.07) is 7.20. The summed E-state index contributed by atoms with van der Waals surface area (Å²) in [5, 5.41) is 4.16. The van der Waals surface area contributed by atoms with Crippen molar-refractivity contribution < 1.29 is 9.21 Å². The van der Waals surface area contributed by atoms with E-state index in [0.29, 0.717) is 17.8 Å². The van der Waals surface area contributed by atoms with Crippen LogP contribution in [0.25, 0.3) is 10.8 Å². The zero-order chi connectivity index (χ0) is 15.5. The lowest BCUT2D eigenvalue weighted by atomic mass is 9.89. The standard InChI is InChI=1S/C18H21NO3/c1-12-7-8-14-10-16(22-18(21)15(14)9-12)17(20)19-11-13-5-3-2-4-6-13/h7-10,13H,2-6,11H2,1H3,(H,19,20). The van der Waals surface area contributed by atoms with E-state index in [1.807, 2.05) is 19.1 Å². The predicted molar refractivity (Wildman–Crippen MR) is 86.1 cm³/mol. The molecule has 0 radical (unpaired) electrons. The summed E-state index contributed by atoms with van der Waals surface area (Å²) < 4.78 is 5.18. The molecular weight excluding hydrogens is 278 g/mol. The fraction of sp³-hybridized carbons (Fsp3) is 0.444. The minimum atomic E-state index is -0.455. The second-order valence-corrected chi connectivity index (χ2v) is 6.20. The van der Waals surface area contributed by atoms with Crippen LogP contribution in [0, 0.1) is 12.8 Å². The van der Waals surface area contributed by atoms with Crippen LogP contribution in [0.1, 0.15) is 48.2 Å². The molecule has 1 heterocycles. The lowest BCUT2D eigenvalue weighted by molar-refractivity contribution is 0.0912. The van der Waals surface area contributed by atoms with Gasteiger partial charge < -0.3 is 9.73 Å². The van der Waals surface area contributed by atoms with Crippen molar-refractivity contribution in [1.82, 2.24) is 5.32 Å². The number of fused-ring (bicyclic) bond motifs is 1. The van der Waals surface area contributed by atoms with Gasteiger partial charge in [-0.3, -0.25) is 4.79 Å². The highest BCUT2D eigenvalue weighted by atomic mass is 16.4.